The van der Waals surface area contributed by atoms with Crippen LogP contribution in [0.5, 0.6) is 5.75 Å². The lowest BCUT2D eigenvalue weighted by Crippen LogP contribution is -2.27. The number of ether oxygens (including phenoxy) is 1. The van der Waals surface area contributed by atoms with Crippen LogP contribution in [-0.4, -0.2) is 30.1 Å². The van der Waals surface area contributed by atoms with Gasteiger partial charge >= 0.3 is 12.1 Å². The molecule has 5 nitrogen and oxygen atoms in total. The maximum atomic E-state index is 12.9. The molecule has 0 bridgehead atoms. The fourth-order valence-corrected chi connectivity index (χ4v) is 4.09. The number of carbonyl (C=O) groups excluding carboxylic acids is 1. The molecule has 0 aliphatic rings. The number of carbonyl (C=O) groups is 2. The maximum absolute atomic E-state index is 12.9. The summed E-state index contributed by atoms with van der Waals surface area (Å²) in [4.78, 5) is 22.8. The number of benzene rings is 3. The molecule has 0 atom stereocenters. The molecule has 1 amide bonds. The molecule has 0 heterocycles. The van der Waals surface area contributed by atoms with Gasteiger partial charge in [-0.1, -0.05) is 38.1 Å². The predicted molar refractivity (Wildman–Crippen MR) is 136 cm³/mol. The van der Waals surface area contributed by atoms with Crippen molar-refractivity contribution < 1.29 is 32.6 Å². The van der Waals surface area contributed by atoms with Crippen LogP contribution >= 0.6 is 0 Å². The van der Waals surface area contributed by atoms with Gasteiger partial charge in [0.05, 0.1) is 18.6 Å². The van der Waals surface area contributed by atoms with Crippen LogP contribution < -0.4 is 10.1 Å². The highest BCUT2D eigenvalue weighted by Gasteiger charge is 2.30. The number of hydrogen-bond acceptors (Lipinski definition) is 3. The summed E-state index contributed by atoms with van der Waals surface area (Å²) in [5.74, 6) is -0.647. The second-order valence-corrected chi connectivity index (χ2v) is 9.66. The molecule has 0 fully saturated rings. The van der Waals surface area contributed by atoms with E-state index in [0.29, 0.717) is 23.5 Å². The molecule has 3 aromatic rings. The Hall–Kier alpha value is -3.81. The van der Waals surface area contributed by atoms with Crippen molar-refractivity contribution in [2.24, 2.45) is 0 Å². The summed E-state index contributed by atoms with van der Waals surface area (Å²) in [5.41, 5.74) is 3.71. The van der Waals surface area contributed by atoms with Gasteiger partial charge < -0.3 is 15.2 Å². The summed E-state index contributed by atoms with van der Waals surface area (Å²) >= 11 is 0. The van der Waals surface area contributed by atoms with Crippen LogP contribution in [0.3, 0.4) is 0 Å². The van der Waals surface area contributed by atoms with E-state index in [4.69, 9.17) is 9.84 Å². The molecule has 0 saturated heterocycles. The van der Waals surface area contributed by atoms with E-state index in [-0.39, 0.29) is 24.3 Å². The van der Waals surface area contributed by atoms with Gasteiger partial charge in [0.1, 0.15) is 5.75 Å². The van der Waals surface area contributed by atoms with Crippen molar-refractivity contribution in [3.63, 3.8) is 0 Å². The standard InChI is InChI=1S/C29H30F3NO4/c1-18-15-24(16-19(2)26(18)20-5-11-23(12-6-20)29(30,31)32)37-17-28(3,4)22-9-7-21(8-10-22)27(36)33-14-13-25(34)35/h5-12,15-16H,13-14,17H2,1-4H3,(H,33,36)(H,34,35). The van der Waals surface area contributed by atoms with Crippen LogP contribution in [0.15, 0.2) is 60.7 Å². The van der Waals surface area contributed by atoms with Gasteiger partial charge in [-0.05, 0) is 78.1 Å². The van der Waals surface area contributed by atoms with Crippen LogP contribution in [-0.2, 0) is 16.4 Å². The molecule has 3 aromatic carbocycles. The maximum Gasteiger partial charge on any atom is 0.416 e. The molecule has 0 unspecified atom stereocenters. The van der Waals surface area contributed by atoms with Crippen LogP contribution in [0.25, 0.3) is 11.1 Å². The largest absolute Gasteiger partial charge is 0.493 e. The van der Waals surface area contributed by atoms with Crippen molar-refractivity contribution >= 4 is 11.9 Å². The number of amides is 1. The van der Waals surface area contributed by atoms with Crippen LogP contribution in [0, 0.1) is 13.8 Å². The smallest absolute Gasteiger partial charge is 0.416 e. The van der Waals surface area contributed by atoms with Gasteiger partial charge in [-0.25, -0.2) is 0 Å². The lowest BCUT2D eigenvalue weighted by molar-refractivity contribution is -0.138. The van der Waals surface area contributed by atoms with Crippen molar-refractivity contribution in [2.45, 2.75) is 45.7 Å². The summed E-state index contributed by atoms with van der Waals surface area (Å²) in [6, 6.07) is 16.0. The first-order chi connectivity index (χ1) is 17.3. The Kier molecular flexibility index (Phi) is 8.31. The lowest BCUT2D eigenvalue weighted by atomic mass is 9.85. The number of rotatable bonds is 9. The second-order valence-electron chi connectivity index (χ2n) is 9.66. The number of carboxylic acid groups (broad SMARTS) is 1. The molecule has 2 N–H and O–H groups in total. The highest BCUT2D eigenvalue weighted by Crippen LogP contribution is 2.35. The number of aryl methyl sites for hydroxylation is 2. The molecular weight excluding hydrogens is 483 g/mol. The molecule has 0 aliphatic carbocycles. The first-order valence-corrected chi connectivity index (χ1v) is 11.8. The van der Waals surface area contributed by atoms with Gasteiger partial charge in [-0.2, -0.15) is 13.2 Å². The van der Waals surface area contributed by atoms with Gasteiger partial charge in [-0.15, -0.1) is 0 Å². The SMILES string of the molecule is Cc1cc(OCC(C)(C)c2ccc(C(=O)NCCC(=O)O)cc2)cc(C)c1-c1ccc(C(F)(F)F)cc1. The molecule has 0 aliphatic heterocycles. The molecular formula is C29H30F3NO4. The van der Waals surface area contributed by atoms with E-state index in [1.54, 1.807) is 12.1 Å². The fourth-order valence-electron chi connectivity index (χ4n) is 4.09. The van der Waals surface area contributed by atoms with E-state index >= 15 is 0 Å². The Morgan fingerprint density at radius 2 is 1.43 bits per heavy atom. The van der Waals surface area contributed by atoms with Crippen molar-refractivity contribution in [1.82, 2.24) is 5.32 Å². The van der Waals surface area contributed by atoms with Crippen LogP contribution in [0.2, 0.25) is 0 Å². The highest BCUT2D eigenvalue weighted by molar-refractivity contribution is 5.94. The number of carboxylic acids is 1. The van der Waals surface area contributed by atoms with Gasteiger partial charge in [0.25, 0.3) is 5.91 Å². The Balaban J connectivity index is 1.68. The predicted octanol–water partition coefficient (Wildman–Crippen LogP) is 6.55. The topological polar surface area (TPSA) is 75.6 Å². The third-order valence-electron chi connectivity index (χ3n) is 6.16. The van der Waals surface area contributed by atoms with Crippen molar-refractivity contribution in [3.8, 4) is 16.9 Å². The second kappa shape index (κ2) is 11.1. The Bertz CT molecular complexity index is 1240. The van der Waals surface area contributed by atoms with Crippen LogP contribution in [0.4, 0.5) is 13.2 Å². The molecule has 0 spiro atoms. The zero-order valence-corrected chi connectivity index (χ0v) is 21.2. The van der Waals surface area contributed by atoms with E-state index in [2.05, 4.69) is 5.32 Å². The minimum absolute atomic E-state index is 0.0613. The summed E-state index contributed by atoms with van der Waals surface area (Å²) in [7, 11) is 0. The van der Waals surface area contributed by atoms with E-state index in [1.807, 2.05) is 52.0 Å². The van der Waals surface area contributed by atoms with Gasteiger partial charge in [0.2, 0.25) is 0 Å². The summed E-state index contributed by atoms with van der Waals surface area (Å²) in [6.45, 7) is 8.26. The zero-order valence-electron chi connectivity index (χ0n) is 21.2. The van der Waals surface area contributed by atoms with Gasteiger partial charge in [0, 0.05) is 17.5 Å². The van der Waals surface area contributed by atoms with E-state index in [9.17, 15) is 22.8 Å². The van der Waals surface area contributed by atoms with Crippen molar-refractivity contribution in [2.75, 3.05) is 13.2 Å². The average molecular weight is 514 g/mol. The van der Waals surface area contributed by atoms with Crippen molar-refractivity contribution in [1.29, 1.82) is 0 Å². The molecule has 8 heteroatoms. The number of hydrogen-bond donors (Lipinski definition) is 2. The first-order valence-electron chi connectivity index (χ1n) is 11.8. The number of nitrogens with one attached hydrogen (secondary N) is 1. The number of halogens is 3. The van der Waals surface area contributed by atoms with Gasteiger partial charge in [-0.3, -0.25) is 9.59 Å². The normalized spacial score (nSPS) is 11.8. The van der Waals surface area contributed by atoms with Crippen LogP contribution in [0.1, 0.15) is 52.9 Å². The third kappa shape index (κ3) is 7.12. The van der Waals surface area contributed by atoms with E-state index in [0.717, 1.165) is 34.4 Å². The molecule has 0 saturated carbocycles. The van der Waals surface area contributed by atoms with Gasteiger partial charge in [0.15, 0.2) is 0 Å². The summed E-state index contributed by atoms with van der Waals surface area (Å²) in [6.07, 6.45) is -4.51. The fraction of sp³-hybridized carbons (Fsp3) is 0.310. The number of aliphatic carboxylic acids is 1. The Labute approximate surface area is 214 Å². The molecule has 0 aromatic heterocycles. The molecule has 0 radical (unpaired) electrons. The molecule has 3 rings (SSSR count). The van der Waals surface area contributed by atoms with Crippen molar-refractivity contribution in [3.05, 3.63) is 88.5 Å². The first kappa shape index (κ1) is 27.8. The Morgan fingerprint density at radius 3 is 1.95 bits per heavy atom. The monoisotopic (exact) mass is 513 g/mol. The summed E-state index contributed by atoms with van der Waals surface area (Å²) in [5, 5.41) is 11.3. The highest BCUT2D eigenvalue weighted by atomic mass is 19.4. The van der Waals surface area contributed by atoms with E-state index in [1.165, 1.54) is 12.1 Å². The third-order valence-corrected chi connectivity index (χ3v) is 6.16. The van der Waals surface area contributed by atoms with E-state index < -0.39 is 17.7 Å². The minimum atomic E-state index is -4.37. The average Bonchev–Trinajstić information content (AvgIpc) is 2.82. The quantitative estimate of drug-likeness (QED) is 0.340. The Morgan fingerprint density at radius 1 is 0.892 bits per heavy atom. The molecule has 37 heavy (non-hydrogen) atoms. The number of alkyl halides is 3. The summed E-state index contributed by atoms with van der Waals surface area (Å²) < 4.78 is 44.8. The zero-order chi connectivity index (χ0) is 27.4. The minimum Gasteiger partial charge on any atom is -0.493 e. The molecule has 196 valence electrons. The lowest BCUT2D eigenvalue weighted by Gasteiger charge is -2.26.